The predicted molar refractivity (Wildman–Crippen MR) is 103 cm³/mol. The second-order valence-corrected chi connectivity index (χ2v) is 7.78. The van der Waals surface area contributed by atoms with Gasteiger partial charge in [-0.2, -0.15) is 0 Å². The number of carbonyl (C=O) groups is 1. The molecule has 0 radical (unpaired) electrons. The zero-order chi connectivity index (χ0) is 24.1. The average molecular weight is 456 g/mol. The van der Waals surface area contributed by atoms with Crippen LogP contribution < -0.4 is 16.0 Å². The molecule has 4 N–H and O–H groups in total. The van der Waals surface area contributed by atoms with E-state index in [0.717, 1.165) is 39.2 Å². The van der Waals surface area contributed by atoms with E-state index in [1.807, 2.05) is 5.48 Å². The van der Waals surface area contributed by atoms with Crippen LogP contribution in [0.3, 0.4) is 0 Å². The maximum Gasteiger partial charge on any atom is 0.336 e. The standard InChI is InChI=1S/C20H20F4N4O4/c1-18(2)20(23,24)19(3,14(16(29)30)15(25)28-32-18)11-5-10(12(21)6-13(11)22)9-7-26-17(31-4)27-8-9/h5-8,28H,25H2,1-4H3,(H,29,30)/t19-/m0/s1. The number of hydrogen-bond donors (Lipinski definition) is 3. The first kappa shape index (κ1) is 23.3. The molecule has 1 atom stereocenters. The highest BCUT2D eigenvalue weighted by molar-refractivity contribution is 5.91. The van der Waals surface area contributed by atoms with Crippen molar-refractivity contribution in [2.24, 2.45) is 5.73 Å². The topological polar surface area (TPSA) is 120 Å². The molecule has 32 heavy (non-hydrogen) atoms. The molecule has 0 amide bonds. The Kier molecular flexibility index (Phi) is 5.54. The van der Waals surface area contributed by atoms with E-state index >= 15 is 13.2 Å². The minimum absolute atomic E-state index is 0.0209. The third-order valence-electron chi connectivity index (χ3n) is 5.50. The Morgan fingerprint density at radius 3 is 2.28 bits per heavy atom. The number of aromatic nitrogens is 2. The van der Waals surface area contributed by atoms with E-state index < -0.39 is 51.5 Å². The summed E-state index contributed by atoms with van der Waals surface area (Å²) in [5.41, 5.74) is 0.297. The number of rotatable bonds is 4. The Labute approximate surface area is 180 Å². The van der Waals surface area contributed by atoms with Crippen LogP contribution in [0.2, 0.25) is 0 Å². The minimum Gasteiger partial charge on any atom is -0.478 e. The van der Waals surface area contributed by atoms with Crippen LogP contribution in [0.25, 0.3) is 11.1 Å². The molecule has 2 heterocycles. The van der Waals surface area contributed by atoms with Gasteiger partial charge in [-0.15, -0.1) is 0 Å². The van der Waals surface area contributed by atoms with Crippen molar-refractivity contribution >= 4 is 5.97 Å². The lowest BCUT2D eigenvalue weighted by molar-refractivity contribution is -0.231. The van der Waals surface area contributed by atoms with Crippen LogP contribution in [-0.4, -0.2) is 39.7 Å². The highest BCUT2D eigenvalue weighted by atomic mass is 19.3. The van der Waals surface area contributed by atoms with Gasteiger partial charge in [0.2, 0.25) is 0 Å². The van der Waals surface area contributed by atoms with Crippen molar-refractivity contribution in [3.05, 3.63) is 53.1 Å². The molecular weight excluding hydrogens is 436 g/mol. The Balaban J connectivity index is 2.37. The first-order chi connectivity index (χ1) is 14.8. The van der Waals surface area contributed by atoms with Gasteiger partial charge in [-0.3, -0.25) is 10.3 Å². The number of carboxylic acids is 1. The number of halogens is 4. The summed E-state index contributed by atoms with van der Waals surface area (Å²) in [6.45, 7) is 2.78. The normalized spacial score (nSPS) is 22.1. The zero-order valence-corrected chi connectivity index (χ0v) is 17.5. The number of hydroxylamine groups is 1. The van der Waals surface area contributed by atoms with Gasteiger partial charge < -0.3 is 15.6 Å². The van der Waals surface area contributed by atoms with Crippen LogP contribution in [0.15, 0.2) is 35.9 Å². The van der Waals surface area contributed by atoms with Crippen molar-refractivity contribution in [1.29, 1.82) is 0 Å². The minimum atomic E-state index is -4.05. The summed E-state index contributed by atoms with van der Waals surface area (Å²) >= 11 is 0. The molecule has 1 aliphatic heterocycles. The quantitative estimate of drug-likeness (QED) is 0.601. The van der Waals surface area contributed by atoms with Crippen LogP contribution >= 0.6 is 0 Å². The van der Waals surface area contributed by atoms with Gasteiger partial charge in [-0.05, 0) is 26.8 Å². The molecule has 0 spiro atoms. The van der Waals surface area contributed by atoms with Crippen LogP contribution in [0.4, 0.5) is 17.6 Å². The summed E-state index contributed by atoms with van der Waals surface area (Å²) in [6, 6.07) is 1.15. The van der Waals surface area contributed by atoms with E-state index in [-0.39, 0.29) is 17.1 Å². The van der Waals surface area contributed by atoms with Crippen LogP contribution in [-0.2, 0) is 15.0 Å². The molecule has 0 aliphatic carbocycles. The molecule has 0 saturated heterocycles. The Morgan fingerprint density at radius 1 is 1.16 bits per heavy atom. The molecule has 2 aromatic rings. The molecule has 3 rings (SSSR count). The van der Waals surface area contributed by atoms with Gasteiger partial charge in [-0.25, -0.2) is 32.3 Å². The molecule has 12 heteroatoms. The number of ether oxygens (including phenoxy) is 1. The molecule has 0 unspecified atom stereocenters. The lowest BCUT2D eigenvalue weighted by Crippen LogP contribution is -2.59. The summed E-state index contributed by atoms with van der Waals surface area (Å²) in [6.07, 6.45) is 2.30. The third-order valence-corrected chi connectivity index (χ3v) is 5.50. The lowest BCUT2D eigenvalue weighted by atomic mass is 9.65. The van der Waals surface area contributed by atoms with E-state index in [1.165, 1.54) is 7.11 Å². The zero-order valence-electron chi connectivity index (χ0n) is 17.5. The number of methoxy groups -OCH3 is 1. The maximum absolute atomic E-state index is 15.9. The number of nitrogens with one attached hydrogen (secondary N) is 1. The van der Waals surface area contributed by atoms with E-state index in [0.29, 0.717) is 6.07 Å². The van der Waals surface area contributed by atoms with Gasteiger partial charge in [0.05, 0.1) is 18.1 Å². The van der Waals surface area contributed by atoms with Gasteiger partial charge in [-0.1, -0.05) is 0 Å². The molecule has 1 aromatic heterocycles. The Morgan fingerprint density at radius 2 is 1.75 bits per heavy atom. The molecule has 172 valence electrons. The van der Waals surface area contributed by atoms with E-state index in [1.54, 1.807) is 0 Å². The van der Waals surface area contributed by atoms with E-state index in [4.69, 9.17) is 15.3 Å². The monoisotopic (exact) mass is 456 g/mol. The van der Waals surface area contributed by atoms with Gasteiger partial charge in [0.1, 0.15) is 17.5 Å². The molecule has 1 aliphatic rings. The van der Waals surface area contributed by atoms with Crippen molar-refractivity contribution in [1.82, 2.24) is 15.4 Å². The summed E-state index contributed by atoms with van der Waals surface area (Å²) in [7, 11) is 1.31. The number of alkyl halides is 2. The van der Waals surface area contributed by atoms with Crippen LogP contribution in [0.1, 0.15) is 26.3 Å². The molecule has 0 bridgehead atoms. The summed E-state index contributed by atoms with van der Waals surface area (Å²) < 4.78 is 66.2. The van der Waals surface area contributed by atoms with Crippen molar-refractivity contribution in [3.63, 3.8) is 0 Å². The fourth-order valence-corrected chi connectivity index (χ4v) is 3.67. The third kappa shape index (κ3) is 3.30. The number of nitrogens with two attached hydrogens (primary N) is 1. The fraction of sp³-hybridized carbons (Fsp3) is 0.350. The SMILES string of the molecule is COc1ncc(-c2cc([C@@]3(C)C(C(=O)O)=C(N)NOC(C)(C)C3(F)F)c(F)cc2F)cn1. The summed E-state index contributed by atoms with van der Waals surface area (Å²) in [5.74, 6) is -9.12. The van der Waals surface area contributed by atoms with Crippen molar-refractivity contribution < 1.29 is 37.0 Å². The summed E-state index contributed by atoms with van der Waals surface area (Å²) in [5, 5.41) is 9.73. The molecular formula is C20H20F4N4O4. The largest absolute Gasteiger partial charge is 0.478 e. The first-order valence-corrected chi connectivity index (χ1v) is 9.19. The number of aliphatic carboxylic acids is 1. The number of carboxylic acid groups (broad SMARTS) is 1. The lowest BCUT2D eigenvalue weighted by Gasteiger charge is -2.43. The Bertz CT molecular complexity index is 1110. The average Bonchev–Trinajstić information content (AvgIpc) is 2.76. The second kappa shape index (κ2) is 7.62. The van der Waals surface area contributed by atoms with Gasteiger partial charge in [0.15, 0.2) is 5.60 Å². The number of nitrogens with zero attached hydrogens (tertiary/aromatic N) is 2. The van der Waals surface area contributed by atoms with Gasteiger partial charge >= 0.3 is 12.0 Å². The highest BCUT2D eigenvalue weighted by Crippen LogP contribution is 2.54. The maximum atomic E-state index is 15.9. The van der Waals surface area contributed by atoms with Crippen molar-refractivity contribution in [3.8, 4) is 17.1 Å². The number of benzene rings is 1. The second-order valence-electron chi connectivity index (χ2n) is 7.78. The molecule has 8 nitrogen and oxygen atoms in total. The van der Waals surface area contributed by atoms with Gasteiger partial charge in [0.25, 0.3) is 5.92 Å². The van der Waals surface area contributed by atoms with E-state index in [9.17, 15) is 14.3 Å². The predicted octanol–water partition coefficient (Wildman–Crippen LogP) is 2.89. The van der Waals surface area contributed by atoms with Crippen LogP contribution in [0.5, 0.6) is 6.01 Å². The smallest absolute Gasteiger partial charge is 0.336 e. The van der Waals surface area contributed by atoms with Gasteiger partial charge in [0, 0.05) is 35.2 Å². The Hall–Kier alpha value is -3.41. The fourth-order valence-electron chi connectivity index (χ4n) is 3.67. The van der Waals surface area contributed by atoms with E-state index in [2.05, 4.69) is 9.97 Å². The van der Waals surface area contributed by atoms with Crippen molar-refractivity contribution in [2.75, 3.05) is 7.11 Å². The highest BCUT2D eigenvalue weighted by Gasteiger charge is 2.67. The van der Waals surface area contributed by atoms with Crippen molar-refractivity contribution in [2.45, 2.75) is 37.7 Å². The number of hydrogen-bond acceptors (Lipinski definition) is 7. The molecule has 0 saturated carbocycles. The van der Waals surface area contributed by atoms with Crippen LogP contribution in [0, 0.1) is 11.6 Å². The molecule has 1 aromatic carbocycles. The molecule has 0 fully saturated rings. The summed E-state index contributed by atoms with van der Waals surface area (Å²) in [4.78, 5) is 24.6. The first-order valence-electron chi connectivity index (χ1n) is 9.19.